The molecule has 0 saturated heterocycles. The Hall–Kier alpha value is -1.60. The molecule has 0 spiro atoms. The molecular weight excluding hydrogens is 287 g/mol. The van der Waals surface area contributed by atoms with Crippen molar-refractivity contribution < 1.29 is 4.19 Å². The van der Waals surface area contributed by atoms with Crippen molar-refractivity contribution in [3.63, 3.8) is 0 Å². The van der Waals surface area contributed by atoms with Crippen LogP contribution in [0.4, 0.5) is 0 Å². The quantitative estimate of drug-likeness (QED) is 0.629. The molecular formula is C16H11OSe. The van der Waals surface area contributed by atoms with Crippen molar-refractivity contribution >= 4 is 33.9 Å². The van der Waals surface area contributed by atoms with Gasteiger partial charge in [0.2, 0.25) is 0 Å². The van der Waals surface area contributed by atoms with Crippen molar-refractivity contribution in [2.75, 3.05) is 0 Å². The molecule has 1 nitrogen and oxygen atoms in total. The van der Waals surface area contributed by atoms with Gasteiger partial charge in [0, 0.05) is 0 Å². The Morgan fingerprint density at radius 2 is 1.50 bits per heavy atom. The Balaban J connectivity index is 2.15. The molecule has 2 heteroatoms. The van der Waals surface area contributed by atoms with Gasteiger partial charge in [0.15, 0.2) is 0 Å². The zero-order valence-electron chi connectivity index (χ0n) is 9.63. The van der Waals surface area contributed by atoms with E-state index in [-0.39, 0.29) is 0 Å². The Morgan fingerprint density at radius 3 is 2.44 bits per heavy atom. The van der Waals surface area contributed by atoms with Crippen LogP contribution in [0, 0.1) is 0 Å². The Morgan fingerprint density at radius 1 is 0.722 bits per heavy atom. The first kappa shape index (κ1) is 10.3. The van der Waals surface area contributed by atoms with E-state index in [9.17, 15) is 4.19 Å². The molecule has 1 aliphatic rings. The Labute approximate surface area is 110 Å². The zero-order chi connectivity index (χ0) is 12.1. The maximum atomic E-state index is 10.7. The molecule has 0 aromatic heterocycles. The maximum absolute atomic E-state index is 10.7. The first-order valence-corrected chi connectivity index (χ1v) is 8.39. The van der Waals surface area contributed by atoms with Crippen molar-refractivity contribution in [1.82, 2.24) is 0 Å². The first-order valence-electron chi connectivity index (χ1n) is 5.91. The van der Waals surface area contributed by atoms with Crippen LogP contribution in [-0.2, 0) is 0 Å². The van der Waals surface area contributed by atoms with Gasteiger partial charge in [-0.15, -0.1) is 0 Å². The van der Waals surface area contributed by atoms with Gasteiger partial charge in [-0.3, -0.25) is 0 Å². The van der Waals surface area contributed by atoms with Crippen molar-refractivity contribution in [3.8, 4) is 11.1 Å². The molecule has 0 aliphatic carbocycles. The molecule has 18 heavy (non-hydrogen) atoms. The van der Waals surface area contributed by atoms with Gasteiger partial charge in [0.25, 0.3) is 0 Å². The summed E-state index contributed by atoms with van der Waals surface area (Å²) in [7, 11) is 0. The fourth-order valence-corrected chi connectivity index (χ4v) is 5.98. The second kappa shape index (κ2) is 3.69. The second-order valence-electron chi connectivity index (χ2n) is 4.44. The monoisotopic (exact) mass is 299 g/mol. The summed E-state index contributed by atoms with van der Waals surface area (Å²) >= 11 is -1.85. The summed E-state index contributed by atoms with van der Waals surface area (Å²) in [6, 6.07) is 20.8. The van der Waals surface area contributed by atoms with Gasteiger partial charge in [-0.05, 0) is 0 Å². The normalized spacial score (nSPS) is 13.6. The Kier molecular flexibility index (Phi) is 2.12. The van der Waals surface area contributed by atoms with Crippen molar-refractivity contribution in [3.05, 3.63) is 60.7 Å². The summed E-state index contributed by atoms with van der Waals surface area (Å²) in [6.07, 6.45) is 0. The minimum absolute atomic E-state index is 1.14. The van der Waals surface area contributed by atoms with E-state index in [1.807, 2.05) is 24.3 Å². The Bertz CT molecular complexity index is 764. The van der Waals surface area contributed by atoms with E-state index in [0.717, 1.165) is 4.46 Å². The van der Waals surface area contributed by atoms with Crippen LogP contribution in [0.1, 0.15) is 0 Å². The van der Waals surface area contributed by atoms with E-state index in [1.54, 1.807) is 0 Å². The van der Waals surface area contributed by atoms with Gasteiger partial charge in [-0.2, -0.15) is 0 Å². The van der Waals surface area contributed by atoms with Crippen molar-refractivity contribution in [2.24, 2.45) is 0 Å². The van der Waals surface area contributed by atoms with Crippen molar-refractivity contribution in [2.45, 2.75) is 0 Å². The topological polar surface area (TPSA) is 20.2 Å². The molecule has 0 unspecified atom stereocenters. The molecule has 87 valence electrons. The molecule has 3 aromatic carbocycles. The third-order valence-corrected chi connectivity index (χ3v) is 6.81. The number of hydrogen-bond acceptors (Lipinski definition) is 1. The predicted molar refractivity (Wildman–Crippen MR) is 76.6 cm³/mol. The summed E-state index contributed by atoms with van der Waals surface area (Å²) in [5.74, 6) is 0. The number of rotatable bonds is 0. The van der Waals surface area contributed by atoms with Crippen LogP contribution >= 0.6 is 0 Å². The van der Waals surface area contributed by atoms with Gasteiger partial charge in [0.1, 0.15) is 0 Å². The second-order valence-corrected chi connectivity index (χ2v) is 7.42. The molecule has 0 atom stereocenters. The van der Waals surface area contributed by atoms with Gasteiger partial charge >= 0.3 is 110 Å². The zero-order valence-corrected chi connectivity index (χ0v) is 11.3. The summed E-state index contributed by atoms with van der Waals surface area (Å²) in [6.45, 7) is 0. The van der Waals surface area contributed by atoms with Gasteiger partial charge in [-0.25, -0.2) is 0 Å². The number of benzene rings is 3. The van der Waals surface area contributed by atoms with E-state index in [2.05, 4.69) is 36.4 Å². The van der Waals surface area contributed by atoms with Crippen LogP contribution < -0.4 is 8.92 Å². The average molecular weight is 298 g/mol. The van der Waals surface area contributed by atoms with Crippen LogP contribution in [0.15, 0.2) is 60.7 Å². The van der Waals surface area contributed by atoms with E-state index >= 15 is 0 Å². The van der Waals surface area contributed by atoms with Gasteiger partial charge in [0.05, 0.1) is 0 Å². The summed E-state index contributed by atoms with van der Waals surface area (Å²) in [5, 5.41) is 2.42. The predicted octanol–water partition coefficient (Wildman–Crippen LogP) is 1.92. The molecule has 1 N–H and O–H groups in total. The van der Waals surface area contributed by atoms with Crippen molar-refractivity contribution in [1.29, 1.82) is 0 Å². The third kappa shape index (κ3) is 1.25. The molecule has 1 heterocycles. The average Bonchev–Trinajstić information content (AvgIpc) is 2.73. The summed E-state index contributed by atoms with van der Waals surface area (Å²) in [5.41, 5.74) is 2.43. The molecule has 1 aliphatic heterocycles. The first-order chi connectivity index (χ1) is 8.86. The fourth-order valence-electron chi connectivity index (χ4n) is 2.63. The SMILES string of the molecule is O[Se]1c2ccccc2-c2ccc3ccccc3c21. The van der Waals surface area contributed by atoms with Gasteiger partial charge < -0.3 is 0 Å². The molecule has 0 amide bonds. The molecule has 3 aromatic rings. The van der Waals surface area contributed by atoms with E-state index in [0.29, 0.717) is 0 Å². The van der Waals surface area contributed by atoms with Crippen LogP contribution in [0.25, 0.3) is 21.9 Å². The van der Waals surface area contributed by atoms with Gasteiger partial charge in [-0.1, -0.05) is 0 Å². The van der Waals surface area contributed by atoms with Crippen LogP contribution in [0.5, 0.6) is 0 Å². The third-order valence-electron chi connectivity index (χ3n) is 3.46. The molecule has 1 radical (unpaired) electrons. The van der Waals surface area contributed by atoms with E-state index in [4.69, 9.17) is 0 Å². The van der Waals surface area contributed by atoms with E-state index < -0.39 is 14.2 Å². The standard InChI is InChI=1S/C16H11OSe/c17-18-15-8-4-3-7-13(15)14-10-9-11-5-1-2-6-12(11)16(14)18/h1-10,17H. The number of fused-ring (bicyclic) bond motifs is 5. The summed E-state index contributed by atoms with van der Waals surface area (Å²) < 4.78 is 13.0. The summed E-state index contributed by atoms with van der Waals surface area (Å²) in [4.78, 5) is 0. The molecule has 0 fully saturated rings. The minimum atomic E-state index is -1.85. The fraction of sp³-hybridized carbons (Fsp3) is 0. The molecule has 0 bridgehead atoms. The van der Waals surface area contributed by atoms with E-state index in [1.165, 1.54) is 26.4 Å². The van der Waals surface area contributed by atoms with Crippen LogP contribution in [0.2, 0.25) is 0 Å². The molecule has 4 rings (SSSR count). The molecule has 0 saturated carbocycles. The number of hydrogen-bond donors (Lipinski definition) is 1. The van der Waals surface area contributed by atoms with Crippen LogP contribution in [-0.4, -0.2) is 18.4 Å². The van der Waals surface area contributed by atoms with Crippen LogP contribution in [0.3, 0.4) is 0 Å².